The van der Waals surface area contributed by atoms with Crippen LogP contribution in [0.1, 0.15) is 38.5 Å². The molecule has 0 atom stereocenters. The van der Waals surface area contributed by atoms with Crippen molar-refractivity contribution in [1.82, 2.24) is 10.2 Å². The van der Waals surface area contributed by atoms with Gasteiger partial charge in [-0.1, -0.05) is 24.2 Å². The number of anilines is 1. The van der Waals surface area contributed by atoms with Crippen molar-refractivity contribution in [2.45, 2.75) is 38.5 Å². The lowest BCUT2D eigenvalue weighted by Crippen LogP contribution is -2.10. The first-order chi connectivity index (χ1) is 11.2. The Balaban J connectivity index is 1.63. The van der Waals surface area contributed by atoms with Gasteiger partial charge in [-0.05, 0) is 25.0 Å². The van der Waals surface area contributed by atoms with Gasteiger partial charge in [0.05, 0.1) is 13.4 Å². The molecule has 0 aliphatic heterocycles. The molecule has 2 aromatic rings. The van der Waals surface area contributed by atoms with Gasteiger partial charge in [-0.2, -0.15) is 0 Å². The molecule has 0 aliphatic carbocycles. The largest absolute Gasteiger partial charge is 0.469 e. The SMILES string of the molecule is COC(=O)CCCCCCC(=O)Nc1nnc(-c2ccco2)s1. The van der Waals surface area contributed by atoms with Gasteiger partial charge in [0, 0.05) is 12.8 Å². The molecule has 0 aromatic carbocycles. The summed E-state index contributed by atoms with van der Waals surface area (Å²) >= 11 is 1.27. The zero-order valence-electron chi connectivity index (χ0n) is 12.9. The molecule has 0 fully saturated rings. The monoisotopic (exact) mass is 337 g/mol. The topological polar surface area (TPSA) is 94.3 Å². The minimum absolute atomic E-state index is 0.0832. The number of nitrogens with zero attached hydrogens (tertiary/aromatic N) is 2. The summed E-state index contributed by atoms with van der Waals surface area (Å²) in [6.07, 6.45) is 5.79. The molecule has 7 nitrogen and oxygen atoms in total. The van der Waals surface area contributed by atoms with Crippen molar-refractivity contribution in [1.29, 1.82) is 0 Å². The van der Waals surface area contributed by atoms with E-state index < -0.39 is 0 Å². The molecule has 1 amide bonds. The average molecular weight is 337 g/mol. The number of carbonyl (C=O) groups is 2. The molecule has 0 saturated carbocycles. The number of carbonyl (C=O) groups excluding carboxylic acids is 2. The molecule has 1 N–H and O–H groups in total. The molecule has 8 heteroatoms. The van der Waals surface area contributed by atoms with Gasteiger partial charge in [0.1, 0.15) is 0 Å². The van der Waals surface area contributed by atoms with Crippen LogP contribution in [0.25, 0.3) is 10.8 Å². The molecular weight excluding hydrogens is 318 g/mol. The fourth-order valence-electron chi connectivity index (χ4n) is 1.97. The summed E-state index contributed by atoms with van der Waals surface area (Å²) < 4.78 is 9.80. The Hall–Kier alpha value is -2.22. The smallest absolute Gasteiger partial charge is 0.305 e. The van der Waals surface area contributed by atoms with Crippen molar-refractivity contribution in [2.24, 2.45) is 0 Å². The third-order valence-corrected chi connectivity index (χ3v) is 4.02. The quantitative estimate of drug-likeness (QED) is 0.557. The van der Waals surface area contributed by atoms with E-state index in [0.717, 1.165) is 25.7 Å². The van der Waals surface area contributed by atoms with E-state index in [0.29, 0.717) is 28.7 Å². The Bertz CT molecular complexity index is 624. The second-order valence-electron chi connectivity index (χ2n) is 4.93. The van der Waals surface area contributed by atoms with Crippen LogP contribution in [-0.4, -0.2) is 29.2 Å². The number of methoxy groups -OCH3 is 1. The molecule has 2 heterocycles. The number of amides is 1. The van der Waals surface area contributed by atoms with Gasteiger partial charge in [-0.15, -0.1) is 10.2 Å². The number of nitrogens with one attached hydrogen (secondary N) is 1. The molecule has 2 rings (SSSR count). The van der Waals surface area contributed by atoms with Crippen LogP contribution in [0.2, 0.25) is 0 Å². The predicted octanol–water partition coefficient (Wildman–Crippen LogP) is 3.25. The lowest BCUT2D eigenvalue weighted by molar-refractivity contribution is -0.140. The van der Waals surface area contributed by atoms with Gasteiger partial charge in [0.2, 0.25) is 11.0 Å². The van der Waals surface area contributed by atoms with Crippen molar-refractivity contribution in [3.63, 3.8) is 0 Å². The molecule has 0 radical (unpaired) electrons. The Labute approximate surface area is 138 Å². The fourth-order valence-corrected chi connectivity index (χ4v) is 2.69. The van der Waals surface area contributed by atoms with Crippen LogP contribution < -0.4 is 5.32 Å². The summed E-state index contributed by atoms with van der Waals surface area (Å²) in [4.78, 5) is 22.8. The summed E-state index contributed by atoms with van der Waals surface area (Å²) in [6.45, 7) is 0. The molecule has 2 aromatic heterocycles. The van der Waals surface area contributed by atoms with E-state index in [2.05, 4.69) is 20.3 Å². The summed E-state index contributed by atoms with van der Waals surface area (Å²) in [7, 11) is 1.39. The van der Waals surface area contributed by atoms with E-state index in [4.69, 9.17) is 4.42 Å². The highest BCUT2D eigenvalue weighted by atomic mass is 32.1. The Morgan fingerprint density at radius 1 is 1.22 bits per heavy atom. The minimum Gasteiger partial charge on any atom is -0.469 e. The highest BCUT2D eigenvalue weighted by molar-refractivity contribution is 7.18. The maximum Gasteiger partial charge on any atom is 0.305 e. The molecule has 0 aliphatic rings. The van der Waals surface area contributed by atoms with Crippen molar-refractivity contribution in [3.05, 3.63) is 18.4 Å². The number of unbranched alkanes of at least 4 members (excludes halogenated alkanes) is 3. The van der Waals surface area contributed by atoms with Crippen LogP contribution in [-0.2, 0) is 14.3 Å². The van der Waals surface area contributed by atoms with Gasteiger partial charge in [0.15, 0.2) is 10.8 Å². The predicted molar refractivity (Wildman–Crippen MR) is 86.0 cm³/mol. The van der Waals surface area contributed by atoms with Crippen molar-refractivity contribution >= 4 is 28.3 Å². The van der Waals surface area contributed by atoms with Gasteiger partial charge >= 0.3 is 5.97 Å². The molecular formula is C15H19N3O4S. The molecule has 0 bridgehead atoms. The Kier molecular flexibility index (Phi) is 6.74. The first-order valence-corrected chi connectivity index (χ1v) is 8.24. The van der Waals surface area contributed by atoms with E-state index in [1.165, 1.54) is 18.4 Å². The van der Waals surface area contributed by atoms with Gasteiger partial charge in [-0.25, -0.2) is 0 Å². The van der Waals surface area contributed by atoms with Gasteiger partial charge in [-0.3, -0.25) is 9.59 Å². The second kappa shape index (κ2) is 9.04. The van der Waals surface area contributed by atoms with Crippen molar-refractivity contribution < 1.29 is 18.7 Å². The Morgan fingerprint density at radius 2 is 2.00 bits per heavy atom. The van der Waals surface area contributed by atoms with Crippen LogP contribution in [0.5, 0.6) is 0 Å². The first kappa shape index (κ1) is 17.1. The molecule has 0 unspecified atom stereocenters. The zero-order chi connectivity index (χ0) is 16.5. The zero-order valence-corrected chi connectivity index (χ0v) is 13.7. The van der Waals surface area contributed by atoms with Gasteiger partial charge in [0.25, 0.3) is 0 Å². The number of esters is 1. The lowest BCUT2D eigenvalue weighted by Gasteiger charge is -2.02. The highest BCUT2D eigenvalue weighted by Gasteiger charge is 2.11. The highest BCUT2D eigenvalue weighted by Crippen LogP contribution is 2.26. The molecule has 23 heavy (non-hydrogen) atoms. The van der Waals surface area contributed by atoms with E-state index in [9.17, 15) is 9.59 Å². The second-order valence-corrected chi connectivity index (χ2v) is 5.91. The number of furan rings is 1. The normalized spacial score (nSPS) is 10.5. The number of ether oxygens (including phenoxy) is 1. The minimum atomic E-state index is -0.189. The number of hydrogen-bond donors (Lipinski definition) is 1. The summed E-state index contributed by atoms with van der Waals surface area (Å²) in [6, 6.07) is 3.57. The van der Waals surface area contributed by atoms with E-state index in [1.54, 1.807) is 18.4 Å². The van der Waals surface area contributed by atoms with Crippen LogP contribution >= 0.6 is 11.3 Å². The van der Waals surface area contributed by atoms with Crippen molar-refractivity contribution in [2.75, 3.05) is 12.4 Å². The summed E-state index contributed by atoms with van der Waals surface area (Å²) in [5.41, 5.74) is 0. The molecule has 124 valence electrons. The standard InChI is InChI=1S/C15H19N3O4S/c1-21-13(20)9-5-3-2-4-8-12(19)16-15-18-17-14(23-15)11-7-6-10-22-11/h6-7,10H,2-5,8-9H2,1H3,(H,16,18,19). The lowest BCUT2D eigenvalue weighted by atomic mass is 10.1. The summed E-state index contributed by atoms with van der Waals surface area (Å²) in [5, 5.41) is 11.7. The molecule has 0 spiro atoms. The van der Waals surface area contributed by atoms with Crippen molar-refractivity contribution in [3.8, 4) is 10.8 Å². The van der Waals surface area contributed by atoms with Crippen LogP contribution in [0, 0.1) is 0 Å². The number of hydrogen-bond acceptors (Lipinski definition) is 7. The van der Waals surface area contributed by atoms with E-state index in [-0.39, 0.29) is 11.9 Å². The van der Waals surface area contributed by atoms with E-state index in [1.807, 2.05) is 0 Å². The van der Waals surface area contributed by atoms with Gasteiger partial charge < -0.3 is 14.5 Å². The summed E-state index contributed by atoms with van der Waals surface area (Å²) in [5.74, 6) is 0.361. The fraction of sp³-hybridized carbons (Fsp3) is 0.467. The third kappa shape index (κ3) is 5.82. The third-order valence-electron chi connectivity index (χ3n) is 3.17. The maximum atomic E-state index is 11.8. The number of aromatic nitrogens is 2. The first-order valence-electron chi connectivity index (χ1n) is 7.43. The van der Waals surface area contributed by atoms with E-state index >= 15 is 0 Å². The van der Waals surface area contributed by atoms with Crippen LogP contribution in [0.3, 0.4) is 0 Å². The van der Waals surface area contributed by atoms with Crippen LogP contribution in [0.15, 0.2) is 22.8 Å². The Morgan fingerprint density at radius 3 is 2.70 bits per heavy atom. The van der Waals surface area contributed by atoms with Crippen LogP contribution in [0.4, 0.5) is 5.13 Å². The average Bonchev–Trinajstić information content (AvgIpc) is 3.21. The maximum absolute atomic E-state index is 11.8. The molecule has 0 saturated heterocycles. The number of rotatable bonds is 9.